The van der Waals surface area contributed by atoms with Gasteiger partial charge in [-0.3, -0.25) is 10.2 Å². The predicted molar refractivity (Wildman–Crippen MR) is 139 cm³/mol. The lowest BCUT2D eigenvalue weighted by Crippen LogP contribution is -2.35. The van der Waals surface area contributed by atoms with Gasteiger partial charge in [0.05, 0.1) is 11.6 Å². The van der Waals surface area contributed by atoms with Crippen LogP contribution < -0.4 is 10.6 Å². The Morgan fingerprint density at radius 2 is 1.81 bits per heavy atom. The second-order valence-corrected chi connectivity index (χ2v) is 10.1. The fraction of sp³-hybridized carbons (Fsp3) is 0.536. The third-order valence-electron chi connectivity index (χ3n) is 6.89. The Labute approximate surface area is 211 Å². The molecule has 0 spiro atoms. The number of carbonyl (C=O) groups is 1. The molecule has 5 nitrogen and oxygen atoms in total. The van der Waals surface area contributed by atoms with E-state index in [0.29, 0.717) is 11.3 Å². The molecule has 0 bridgehead atoms. The van der Waals surface area contributed by atoms with E-state index in [4.69, 9.17) is 5.41 Å². The van der Waals surface area contributed by atoms with Crippen LogP contribution in [0.4, 0.5) is 24.7 Å². The molecule has 1 heterocycles. The Hall–Kier alpha value is -2.90. The normalized spacial score (nSPS) is 16.2. The number of rotatable bonds is 12. The van der Waals surface area contributed by atoms with E-state index in [1.807, 2.05) is 12.1 Å². The highest BCUT2D eigenvalue weighted by atomic mass is 19.4. The lowest BCUT2D eigenvalue weighted by Gasteiger charge is -2.33. The van der Waals surface area contributed by atoms with Gasteiger partial charge in [0.1, 0.15) is 5.82 Å². The molecule has 1 aliphatic rings. The fourth-order valence-corrected chi connectivity index (χ4v) is 4.61. The van der Waals surface area contributed by atoms with Crippen LogP contribution in [0.1, 0.15) is 95.2 Å². The van der Waals surface area contributed by atoms with Crippen molar-refractivity contribution in [3.8, 4) is 0 Å². The number of alkyl halides is 3. The zero-order valence-electron chi connectivity index (χ0n) is 21.6. The third-order valence-corrected chi connectivity index (χ3v) is 6.89. The number of unbranched alkanes of at least 4 members (excludes halogenated alkanes) is 1. The Balaban J connectivity index is 2.05. The summed E-state index contributed by atoms with van der Waals surface area (Å²) in [5.41, 5.74) is 0.910. The third kappa shape index (κ3) is 6.65. The number of pyridine rings is 1. The lowest BCUT2D eigenvalue weighted by molar-refractivity contribution is -0.146. The minimum absolute atomic E-state index is 0.0390. The summed E-state index contributed by atoms with van der Waals surface area (Å²) in [6.45, 7) is 7.47. The van der Waals surface area contributed by atoms with Gasteiger partial charge in [-0.2, -0.15) is 13.2 Å². The molecule has 1 aromatic carbocycles. The molecular weight excluding hydrogens is 465 g/mol. The summed E-state index contributed by atoms with van der Waals surface area (Å²) in [7, 11) is 0. The molecule has 2 unspecified atom stereocenters. The summed E-state index contributed by atoms with van der Waals surface area (Å²) in [6.07, 6.45) is 3.20. The van der Waals surface area contributed by atoms with Crippen molar-refractivity contribution >= 4 is 23.1 Å². The predicted octanol–water partition coefficient (Wildman–Crippen LogP) is 7.67. The summed E-state index contributed by atoms with van der Waals surface area (Å²) in [4.78, 5) is 16.5. The largest absolute Gasteiger partial charge is 0.395 e. The van der Waals surface area contributed by atoms with E-state index >= 15 is 0 Å². The molecule has 8 heteroatoms. The van der Waals surface area contributed by atoms with Gasteiger partial charge in [0.15, 0.2) is 0 Å². The number of nitrogens with zero attached hydrogens (tertiary/aromatic N) is 1. The van der Waals surface area contributed by atoms with Crippen LogP contribution in [0.2, 0.25) is 0 Å². The van der Waals surface area contributed by atoms with Gasteiger partial charge < -0.3 is 10.6 Å². The molecule has 1 amide bonds. The Morgan fingerprint density at radius 1 is 1.11 bits per heavy atom. The number of benzene rings is 1. The minimum atomic E-state index is -4.56. The van der Waals surface area contributed by atoms with Gasteiger partial charge in [0, 0.05) is 40.0 Å². The maximum atomic E-state index is 14.0. The second-order valence-electron chi connectivity index (χ2n) is 10.1. The van der Waals surface area contributed by atoms with Crippen LogP contribution in [-0.4, -0.2) is 28.3 Å². The number of nitrogens with one attached hydrogen (secondary N) is 3. The monoisotopic (exact) mass is 502 g/mol. The van der Waals surface area contributed by atoms with Crippen molar-refractivity contribution in [3.05, 3.63) is 53.2 Å². The van der Waals surface area contributed by atoms with Gasteiger partial charge in [-0.15, -0.1) is 0 Å². The first-order valence-corrected chi connectivity index (χ1v) is 12.8. The van der Waals surface area contributed by atoms with E-state index in [0.717, 1.165) is 51.9 Å². The number of anilines is 2. The molecule has 196 valence electrons. The van der Waals surface area contributed by atoms with Crippen molar-refractivity contribution in [1.82, 2.24) is 4.98 Å². The van der Waals surface area contributed by atoms with Crippen molar-refractivity contribution in [2.24, 2.45) is 5.92 Å². The molecule has 0 radical (unpaired) electrons. The number of hydrogen-bond donors (Lipinski definition) is 3. The highest BCUT2D eigenvalue weighted by Gasteiger charge is 2.41. The zero-order valence-corrected chi connectivity index (χ0v) is 21.6. The highest BCUT2D eigenvalue weighted by Crippen LogP contribution is 2.41. The van der Waals surface area contributed by atoms with Gasteiger partial charge in [-0.05, 0) is 51.7 Å². The summed E-state index contributed by atoms with van der Waals surface area (Å²) in [5.74, 6) is -2.54. The van der Waals surface area contributed by atoms with E-state index in [-0.39, 0.29) is 40.0 Å². The quantitative estimate of drug-likeness (QED) is 0.261. The number of amides is 1. The fourth-order valence-electron chi connectivity index (χ4n) is 4.61. The first kappa shape index (κ1) is 27.7. The van der Waals surface area contributed by atoms with Gasteiger partial charge in [0.2, 0.25) is 5.91 Å². The average Bonchev–Trinajstić information content (AvgIpc) is 3.67. The molecule has 2 aromatic rings. The number of halogens is 3. The molecule has 1 fully saturated rings. The van der Waals surface area contributed by atoms with Crippen molar-refractivity contribution in [2.45, 2.75) is 90.3 Å². The lowest BCUT2D eigenvalue weighted by atomic mass is 9.87. The molecule has 1 saturated carbocycles. The summed E-state index contributed by atoms with van der Waals surface area (Å²) < 4.78 is 41.9. The van der Waals surface area contributed by atoms with Gasteiger partial charge in [-0.1, -0.05) is 51.3 Å². The molecule has 0 aliphatic heterocycles. The SMILES string of the molecule is CCCCC(C)(CCC)Nc1ccccc1C(=N)c1ccnc(NC(=O)C2CC2)c1C(C)C(F)(F)F. The highest BCUT2D eigenvalue weighted by molar-refractivity contribution is 6.15. The average molecular weight is 503 g/mol. The van der Waals surface area contributed by atoms with Gasteiger partial charge in [0.25, 0.3) is 0 Å². The molecule has 36 heavy (non-hydrogen) atoms. The molecule has 2 atom stereocenters. The molecular formula is C28H37F3N4O. The Kier molecular flexibility index (Phi) is 8.80. The second kappa shape index (κ2) is 11.4. The van der Waals surface area contributed by atoms with Gasteiger partial charge >= 0.3 is 6.18 Å². The van der Waals surface area contributed by atoms with Crippen molar-refractivity contribution in [1.29, 1.82) is 5.41 Å². The van der Waals surface area contributed by atoms with Crippen LogP contribution >= 0.6 is 0 Å². The molecule has 3 N–H and O–H groups in total. The topological polar surface area (TPSA) is 77.9 Å². The van der Waals surface area contributed by atoms with Crippen molar-refractivity contribution in [3.63, 3.8) is 0 Å². The first-order chi connectivity index (χ1) is 17.0. The maximum absolute atomic E-state index is 14.0. The zero-order chi connectivity index (χ0) is 26.5. The van der Waals surface area contributed by atoms with E-state index in [1.165, 1.54) is 12.3 Å². The van der Waals surface area contributed by atoms with Crippen LogP contribution in [0.3, 0.4) is 0 Å². The Morgan fingerprint density at radius 3 is 2.42 bits per heavy atom. The van der Waals surface area contributed by atoms with E-state index in [1.54, 1.807) is 12.1 Å². The summed E-state index contributed by atoms with van der Waals surface area (Å²) in [5, 5.41) is 15.2. The van der Waals surface area contributed by atoms with Gasteiger partial charge in [-0.25, -0.2) is 4.98 Å². The van der Waals surface area contributed by atoms with Crippen LogP contribution in [0.25, 0.3) is 0 Å². The molecule has 1 aromatic heterocycles. The Bertz CT molecular complexity index is 1080. The van der Waals surface area contributed by atoms with Crippen molar-refractivity contribution in [2.75, 3.05) is 10.6 Å². The van der Waals surface area contributed by atoms with Crippen molar-refractivity contribution < 1.29 is 18.0 Å². The van der Waals surface area contributed by atoms with Crippen LogP contribution in [0.5, 0.6) is 0 Å². The number of hydrogen-bond acceptors (Lipinski definition) is 4. The molecule has 0 saturated heterocycles. The number of carbonyl (C=O) groups excluding carboxylic acids is 1. The number of aromatic nitrogens is 1. The molecule has 3 rings (SSSR count). The van der Waals surface area contributed by atoms with Crippen LogP contribution in [-0.2, 0) is 4.79 Å². The summed E-state index contributed by atoms with van der Waals surface area (Å²) in [6, 6.07) is 8.70. The maximum Gasteiger partial charge on any atom is 0.395 e. The van der Waals surface area contributed by atoms with E-state index < -0.39 is 12.1 Å². The molecule has 1 aliphatic carbocycles. The summed E-state index contributed by atoms with van der Waals surface area (Å²) >= 11 is 0. The van der Waals surface area contributed by atoms with Crippen LogP contribution in [0, 0.1) is 11.3 Å². The smallest absolute Gasteiger partial charge is 0.379 e. The van der Waals surface area contributed by atoms with Crippen LogP contribution in [0.15, 0.2) is 36.5 Å². The van der Waals surface area contributed by atoms with E-state index in [2.05, 4.69) is 36.4 Å². The van der Waals surface area contributed by atoms with E-state index in [9.17, 15) is 18.0 Å². The minimum Gasteiger partial charge on any atom is -0.379 e. The standard InChI is InChI=1S/C28H37F3N4O/c1-5-7-16-27(4,15-6-2)35-22-11-9-8-10-20(22)24(32)21-14-17-33-25(34-26(36)19-12-13-19)23(21)18(3)28(29,30)31/h8-11,14,17-19,32,35H,5-7,12-13,15-16H2,1-4H3,(H,33,34,36). The first-order valence-electron chi connectivity index (χ1n) is 12.8. The number of para-hydroxylation sites is 1.